The van der Waals surface area contributed by atoms with E-state index in [1.807, 2.05) is 30.3 Å². The SMILES string of the molecule is O=[N+]([O-])c1cn2c(n1)O[C@H](COc1ccc3c(c1)CCCN(Cc1ccc(OCc4ccc(OC(F)(F)F)cc4)cc1)C3)CC2. The van der Waals surface area contributed by atoms with Crippen molar-refractivity contribution in [3.63, 3.8) is 0 Å². The van der Waals surface area contributed by atoms with Crippen molar-refractivity contribution in [2.45, 2.75) is 58.0 Å². The molecule has 3 heterocycles. The van der Waals surface area contributed by atoms with Crippen LogP contribution in [0.4, 0.5) is 19.0 Å². The molecule has 0 radical (unpaired) electrons. The van der Waals surface area contributed by atoms with E-state index in [0.29, 0.717) is 25.3 Å². The molecule has 0 unspecified atom stereocenters. The number of halogens is 3. The van der Waals surface area contributed by atoms with E-state index in [4.69, 9.17) is 14.2 Å². The Morgan fingerprint density at radius 3 is 2.42 bits per heavy atom. The number of benzene rings is 3. The summed E-state index contributed by atoms with van der Waals surface area (Å²) >= 11 is 0. The highest BCUT2D eigenvalue weighted by molar-refractivity contribution is 5.37. The third-order valence-electron chi connectivity index (χ3n) is 7.70. The van der Waals surface area contributed by atoms with Gasteiger partial charge in [-0.1, -0.05) is 30.3 Å². The molecule has 0 spiro atoms. The maximum Gasteiger partial charge on any atom is 0.573 e. The molecule has 0 fully saturated rings. The van der Waals surface area contributed by atoms with E-state index in [1.165, 1.54) is 29.5 Å². The molecular weight excluding hydrogens is 593 g/mol. The standard InChI is InChI=1S/C32H31F3N4O6/c33-32(34,35)45-27-10-5-23(6-11-27)20-42-26-8-3-22(4-9-26)17-37-14-1-2-24-16-28(12-7-25(24)18-37)43-21-29-13-15-38-19-30(39(40)41)36-31(38)44-29/h3-12,16,19,29H,1-2,13-15,17-18,20-21H2/t29-/m0/s1. The summed E-state index contributed by atoms with van der Waals surface area (Å²) in [6.07, 6.45) is -0.936. The van der Waals surface area contributed by atoms with Gasteiger partial charge in [0.2, 0.25) is 0 Å². The number of nitrogens with zero attached hydrogens (tertiary/aromatic N) is 4. The minimum absolute atomic E-state index is 0.221. The number of nitro groups is 1. The van der Waals surface area contributed by atoms with Crippen LogP contribution in [0.15, 0.2) is 72.9 Å². The van der Waals surface area contributed by atoms with Crippen molar-refractivity contribution in [1.82, 2.24) is 14.5 Å². The largest absolute Gasteiger partial charge is 0.573 e. The van der Waals surface area contributed by atoms with Crippen LogP contribution in [0.25, 0.3) is 0 Å². The number of hydrogen-bond acceptors (Lipinski definition) is 8. The highest BCUT2D eigenvalue weighted by Crippen LogP contribution is 2.28. The Hall–Kier alpha value is -4.78. The van der Waals surface area contributed by atoms with Gasteiger partial charge in [-0.2, -0.15) is 0 Å². The van der Waals surface area contributed by atoms with E-state index in [9.17, 15) is 23.3 Å². The topological polar surface area (TPSA) is 101 Å². The number of fused-ring (bicyclic) bond motifs is 2. The summed E-state index contributed by atoms with van der Waals surface area (Å²) < 4.78 is 60.3. The van der Waals surface area contributed by atoms with Gasteiger partial charge in [-0.05, 0) is 83.0 Å². The molecule has 0 saturated carbocycles. The maximum absolute atomic E-state index is 12.3. The lowest BCUT2D eigenvalue weighted by Crippen LogP contribution is -2.31. The van der Waals surface area contributed by atoms with E-state index in [-0.39, 0.29) is 30.3 Å². The molecule has 13 heteroatoms. The van der Waals surface area contributed by atoms with Crippen molar-refractivity contribution in [1.29, 1.82) is 0 Å². The molecule has 2 aliphatic rings. The summed E-state index contributed by atoms with van der Waals surface area (Å²) in [5.41, 5.74) is 4.40. The fourth-order valence-electron chi connectivity index (χ4n) is 5.46. The smallest absolute Gasteiger partial charge is 0.490 e. The monoisotopic (exact) mass is 624 g/mol. The van der Waals surface area contributed by atoms with Gasteiger partial charge in [-0.15, -0.1) is 13.2 Å². The normalized spacial score (nSPS) is 16.6. The molecule has 0 aliphatic carbocycles. The summed E-state index contributed by atoms with van der Waals surface area (Å²) in [4.78, 5) is 16.8. The van der Waals surface area contributed by atoms with E-state index < -0.39 is 11.3 Å². The van der Waals surface area contributed by atoms with E-state index in [2.05, 4.69) is 26.8 Å². The van der Waals surface area contributed by atoms with Crippen LogP contribution in [0.1, 0.15) is 35.1 Å². The van der Waals surface area contributed by atoms with Crippen LogP contribution < -0.4 is 18.9 Å². The minimum Gasteiger partial charge on any atom is -0.490 e. The zero-order chi connectivity index (χ0) is 31.4. The van der Waals surface area contributed by atoms with Crippen LogP contribution in [-0.2, 0) is 32.7 Å². The van der Waals surface area contributed by atoms with Gasteiger partial charge in [0, 0.05) is 31.0 Å². The Morgan fingerprint density at radius 1 is 0.933 bits per heavy atom. The van der Waals surface area contributed by atoms with Crippen molar-refractivity contribution in [2.75, 3.05) is 13.2 Å². The van der Waals surface area contributed by atoms with Gasteiger partial charge >= 0.3 is 18.2 Å². The van der Waals surface area contributed by atoms with Crippen molar-refractivity contribution < 1.29 is 37.0 Å². The van der Waals surface area contributed by atoms with Gasteiger partial charge in [0.05, 0.1) is 0 Å². The molecule has 1 atom stereocenters. The lowest BCUT2D eigenvalue weighted by molar-refractivity contribution is -0.389. The molecule has 6 rings (SSSR count). The highest BCUT2D eigenvalue weighted by atomic mass is 19.4. The molecule has 0 N–H and O–H groups in total. The molecule has 0 amide bonds. The summed E-state index contributed by atoms with van der Waals surface area (Å²) in [7, 11) is 0. The highest BCUT2D eigenvalue weighted by Gasteiger charge is 2.31. The predicted molar refractivity (Wildman–Crippen MR) is 156 cm³/mol. The Kier molecular flexibility index (Phi) is 8.78. The first-order valence-corrected chi connectivity index (χ1v) is 14.6. The minimum atomic E-state index is -4.72. The predicted octanol–water partition coefficient (Wildman–Crippen LogP) is 6.45. The number of rotatable bonds is 10. The first-order valence-electron chi connectivity index (χ1n) is 14.6. The second kappa shape index (κ2) is 13.1. The zero-order valence-corrected chi connectivity index (χ0v) is 24.2. The lowest BCUT2D eigenvalue weighted by atomic mass is 10.0. The fourth-order valence-corrected chi connectivity index (χ4v) is 5.46. The van der Waals surface area contributed by atoms with Crippen LogP contribution in [0.5, 0.6) is 23.3 Å². The zero-order valence-electron chi connectivity index (χ0n) is 24.2. The Morgan fingerprint density at radius 2 is 1.67 bits per heavy atom. The maximum atomic E-state index is 12.3. The quantitative estimate of drug-likeness (QED) is 0.147. The van der Waals surface area contributed by atoms with E-state index in [0.717, 1.165) is 49.4 Å². The number of hydrogen-bond donors (Lipinski definition) is 0. The average Bonchev–Trinajstić information content (AvgIpc) is 3.34. The summed E-state index contributed by atoms with van der Waals surface area (Å²) in [5, 5.41) is 11.0. The van der Waals surface area contributed by atoms with Gasteiger partial charge in [-0.25, -0.2) is 0 Å². The molecular formula is C32H31F3N4O6. The number of alkyl halides is 3. The first kappa shape index (κ1) is 30.3. The van der Waals surface area contributed by atoms with E-state index in [1.54, 1.807) is 16.7 Å². The van der Waals surface area contributed by atoms with Gasteiger partial charge in [0.15, 0.2) is 0 Å². The fraction of sp³-hybridized carbons (Fsp3) is 0.344. The summed E-state index contributed by atoms with van der Waals surface area (Å²) in [5.74, 6) is 0.958. The van der Waals surface area contributed by atoms with Crippen LogP contribution in [0.3, 0.4) is 0 Å². The van der Waals surface area contributed by atoms with Crippen LogP contribution in [-0.4, -0.2) is 45.0 Å². The number of imidazole rings is 1. The van der Waals surface area contributed by atoms with Crippen molar-refractivity contribution in [2.24, 2.45) is 0 Å². The lowest BCUT2D eigenvalue weighted by Gasteiger charge is -2.23. The van der Waals surface area contributed by atoms with Crippen LogP contribution in [0, 0.1) is 10.1 Å². The second-order valence-corrected chi connectivity index (χ2v) is 11.0. The van der Waals surface area contributed by atoms with Gasteiger partial charge in [0.25, 0.3) is 0 Å². The summed E-state index contributed by atoms with van der Waals surface area (Å²) in [6.45, 7) is 3.69. The van der Waals surface area contributed by atoms with Gasteiger partial charge < -0.3 is 29.1 Å². The van der Waals surface area contributed by atoms with E-state index >= 15 is 0 Å². The number of aromatic nitrogens is 2. The van der Waals surface area contributed by atoms with Crippen molar-refractivity contribution in [3.8, 4) is 23.3 Å². The Bertz CT molecular complexity index is 1630. The first-order chi connectivity index (χ1) is 21.7. The van der Waals surface area contributed by atoms with Gasteiger partial charge in [0.1, 0.15) is 42.8 Å². The Balaban J connectivity index is 0.978. The third kappa shape index (κ3) is 8.04. The number of aryl methyl sites for hydroxylation is 2. The van der Waals surface area contributed by atoms with Gasteiger partial charge in [-0.3, -0.25) is 9.47 Å². The van der Waals surface area contributed by atoms with Crippen molar-refractivity contribution >= 4 is 5.82 Å². The molecule has 10 nitrogen and oxygen atoms in total. The van der Waals surface area contributed by atoms with Crippen LogP contribution in [0.2, 0.25) is 0 Å². The molecule has 0 bridgehead atoms. The third-order valence-corrected chi connectivity index (χ3v) is 7.70. The average molecular weight is 625 g/mol. The number of ether oxygens (including phenoxy) is 4. The summed E-state index contributed by atoms with van der Waals surface area (Å²) in [6, 6.07) is 19.9. The molecule has 0 saturated heterocycles. The second-order valence-electron chi connectivity index (χ2n) is 11.0. The van der Waals surface area contributed by atoms with Crippen molar-refractivity contribution in [3.05, 3.63) is 105 Å². The molecule has 1 aromatic heterocycles. The molecule has 45 heavy (non-hydrogen) atoms. The Labute approximate surface area is 257 Å². The molecule has 3 aromatic carbocycles. The molecule has 236 valence electrons. The molecule has 4 aromatic rings. The van der Waals surface area contributed by atoms with Crippen LogP contribution >= 0.6 is 0 Å². The molecule has 2 aliphatic heterocycles.